The quantitative estimate of drug-likeness (QED) is 0.636. The Labute approximate surface area is 89.9 Å². The number of nitrogens with zero attached hydrogens (tertiary/aromatic N) is 1. The summed E-state index contributed by atoms with van der Waals surface area (Å²) in [4.78, 5) is 11.6. The van der Waals surface area contributed by atoms with Gasteiger partial charge in [0.25, 0.3) is 5.56 Å². The normalized spacial score (nSPS) is 14.5. The van der Waals surface area contributed by atoms with Crippen LogP contribution in [0.5, 0.6) is 0 Å². The van der Waals surface area contributed by atoms with Crippen molar-refractivity contribution in [2.75, 3.05) is 0 Å². The largest absolute Gasteiger partial charge is 0.313 e. The summed E-state index contributed by atoms with van der Waals surface area (Å²) in [5.41, 5.74) is 1.90. The van der Waals surface area contributed by atoms with Crippen molar-refractivity contribution in [3.05, 3.63) is 33.7 Å². The zero-order valence-electron chi connectivity index (χ0n) is 9.21. The van der Waals surface area contributed by atoms with Gasteiger partial charge in [-0.25, -0.2) is 0 Å². The molecule has 0 radical (unpaired) electrons. The van der Waals surface area contributed by atoms with Crippen LogP contribution in [-0.2, 0) is 6.54 Å². The molecule has 0 bridgehead atoms. The first-order valence-electron chi connectivity index (χ1n) is 5.43. The SMILES string of the molecule is CCn1c(C)cc(C#CC2CC2)cc1=O. The predicted molar refractivity (Wildman–Crippen MR) is 60.7 cm³/mol. The minimum Gasteiger partial charge on any atom is -0.313 e. The van der Waals surface area contributed by atoms with Crippen LogP contribution in [0.25, 0.3) is 0 Å². The van der Waals surface area contributed by atoms with E-state index in [9.17, 15) is 4.79 Å². The lowest BCUT2D eigenvalue weighted by molar-refractivity contribution is 0.700. The Hall–Kier alpha value is -1.49. The molecule has 0 N–H and O–H groups in total. The highest BCUT2D eigenvalue weighted by atomic mass is 16.1. The zero-order valence-corrected chi connectivity index (χ0v) is 9.21. The smallest absolute Gasteiger partial charge is 0.251 e. The fourth-order valence-corrected chi connectivity index (χ4v) is 1.62. The second-order valence-electron chi connectivity index (χ2n) is 4.01. The topological polar surface area (TPSA) is 22.0 Å². The molecular weight excluding hydrogens is 186 g/mol. The molecule has 0 unspecified atom stereocenters. The first-order chi connectivity index (χ1) is 7.20. The first kappa shape index (κ1) is 10.0. The molecule has 0 spiro atoms. The third kappa shape index (κ3) is 2.30. The van der Waals surface area contributed by atoms with Crippen LogP contribution in [-0.4, -0.2) is 4.57 Å². The molecule has 0 aliphatic heterocycles. The third-order valence-corrected chi connectivity index (χ3v) is 2.65. The van der Waals surface area contributed by atoms with E-state index in [0.717, 1.165) is 17.8 Å². The fraction of sp³-hybridized carbons (Fsp3) is 0.462. The Morgan fingerprint density at radius 3 is 2.73 bits per heavy atom. The predicted octanol–water partition coefficient (Wildman–Crippen LogP) is 1.94. The molecule has 1 aliphatic rings. The number of hydrogen-bond acceptors (Lipinski definition) is 1. The van der Waals surface area contributed by atoms with Crippen molar-refractivity contribution in [2.45, 2.75) is 33.2 Å². The minimum atomic E-state index is 0.0533. The summed E-state index contributed by atoms with van der Waals surface area (Å²) in [5.74, 6) is 6.83. The molecule has 1 aliphatic carbocycles. The lowest BCUT2D eigenvalue weighted by atomic mass is 10.2. The Morgan fingerprint density at radius 1 is 1.47 bits per heavy atom. The van der Waals surface area contributed by atoms with Crippen molar-refractivity contribution >= 4 is 0 Å². The van der Waals surface area contributed by atoms with Gasteiger partial charge in [0.05, 0.1) is 0 Å². The van der Waals surface area contributed by atoms with Gasteiger partial charge in [0.2, 0.25) is 0 Å². The number of hydrogen-bond donors (Lipinski definition) is 0. The molecular formula is C13H15NO. The van der Waals surface area contributed by atoms with Gasteiger partial charge in [0.1, 0.15) is 0 Å². The molecule has 2 heteroatoms. The summed E-state index contributed by atoms with van der Waals surface area (Å²) in [6, 6.07) is 3.62. The fourth-order valence-electron chi connectivity index (χ4n) is 1.62. The van der Waals surface area contributed by atoms with Crippen molar-refractivity contribution in [3.63, 3.8) is 0 Å². The maximum atomic E-state index is 11.6. The Balaban J connectivity index is 2.35. The van der Waals surface area contributed by atoms with Gasteiger partial charge in [-0.15, -0.1) is 0 Å². The number of pyridine rings is 1. The van der Waals surface area contributed by atoms with E-state index < -0.39 is 0 Å². The van der Waals surface area contributed by atoms with Crippen LogP contribution in [0.15, 0.2) is 16.9 Å². The van der Waals surface area contributed by atoms with E-state index in [2.05, 4.69) is 11.8 Å². The zero-order chi connectivity index (χ0) is 10.8. The highest BCUT2D eigenvalue weighted by molar-refractivity contribution is 5.35. The van der Waals surface area contributed by atoms with Crippen molar-refractivity contribution in [1.82, 2.24) is 4.57 Å². The summed E-state index contributed by atoms with van der Waals surface area (Å²) >= 11 is 0. The van der Waals surface area contributed by atoms with Crippen LogP contribution < -0.4 is 5.56 Å². The van der Waals surface area contributed by atoms with E-state index >= 15 is 0 Å². The Kier molecular flexibility index (Phi) is 2.64. The summed E-state index contributed by atoms with van der Waals surface area (Å²) in [5, 5.41) is 0. The first-order valence-corrected chi connectivity index (χ1v) is 5.43. The maximum absolute atomic E-state index is 11.6. The highest BCUT2D eigenvalue weighted by Crippen LogP contribution is 2.27. The van der Waals surface area contributed by atoms with E-state index in [0.29, 0.717) is 5.92 Å². The van der Waals surface area contributed by atoms with Gasteiger partial charge in [-0.2, -0.15) is 0 Å². The maximum Gasteiger partial charge on any atom is 0.251 e. The molecule has 15 heavy (non-hydrogen) atoms. The van der Waals surface area contributed by atoms with E-state index in [-0.39, 0.29) is 5.56 Å². The van der Waals surface area contributed by atoms with E-state index in [4.69, 9.17) is 0 Å². The second kappa shape index (κ2) is 3.94. The van der Waals surface area contributed by atoms with Crippen molar-refractivity contribution in [3.8, 4) is 11.8 Å². The van der Waals surface area contributed by atoms with E-state index in [1.165, 1.54) is 12.8 Å². The van der Waals surface area contributed by atoms with Crippen LogP contribution in [0, 0.1) is 24.7 Å². The molecule has 0 amide bonds. The average molecular weight is 201 g/mol. The highest BCUT2D eigenvalue weighted by Gasteiger charge is 2.17. The standard InChI is InChI=1S/C13H15NO/c1-3-14-10(2)8-12(9-13(14)15)7-6-11-4-5-11/h8-9,11H,3-5H2,1-2H3. The van der Waals surface area contributed by atoms with Gasteiger partial charge in [-0.1, -0.05) is 11.8 Å². The van der Waals surface area contributed by atoms with Crippen LogP contribution in [0.4, 0.5) is 0 Å². The lowest BCUT2D eigenvalue weighted by Gasteiger charge is -2.06. The van der Waals surface area contributed by atoms with E-state index in [1.54, 1.807) is 10.6 Å². The molecule has 2 nitrogen and oxygen atoms in total. The van der Waals surface area contributed by atoms with Crippen LogP contribution in [0.3, 0.4) is 0 Å². The molecule has 1 aromatic rings. The molecule has 0 aromatic carbocycles. The number of aromatic nitrogens is 1. The average Bonchev–Trinajstić information content (AvgIpc) is 2.97. The van der Waals surface area contributed by atoms with E-state index in [1.807, 2.05) is 19.9 Å². The van der Waals surface area contributed by atoms with Crippen LogP contribution in [0.1, 0.15) is 31.0 Å². The number of rotatable bonds is 1. The van der Waals surface area contributed by atoms with Gasteiger partial charge < -0.3 is 4.57 Å². The molecule has 0 saturated heterocycles. The van der Waals surface area contributed by atoms with Gasteiger partial charge in [0.15, 0.2) is 0 Å². The van der Waals surface area contributed by atoms with Gasteiger partial charge >= 0.3 is 0 Å². The summed E-state index contributed by atoms with van der Waals surface area (Å²) in [7, 11) is 0. The van der Waals surface area contributed by atoms with Crippen molar-refractivity contribution in [1.29, 1.82) is 0 Å². The monoisotopic (exact) mass is 201 g/mol. The van der Waals surface area contributed by atoms with Crippen LogP contribution >= 0.6 is 0 Å². The second-order valence-corrected chi connectivity index (χ2v) is 4.01. The van der Waals surface area contributed by atoms with Gasteiger partial charge in [-0.3, -0.25) is 4.79 Å². The molecule has 78 valence electrons. The van der Waals surface area contributed by atoms with Crippen molar-refractivity contribution < 1.29 is 0 Å². The van der Waals surface area contributed by atoms with Crippen LogP contribution in [0.2, 0.25) is 0 Å². The molecule has 1 saturated carbocycles. The molecule has 1 fully saturated rings. The number of aryl methyl sites for hydroxylation is 1. The summed E-state index contributed by atoms with van der Waals surface area (Å²) in [6.45, 7) is 4.65. The molecule has 2 rings (SSSR count). The van der Waals surface area contributed by atoms with Gasteiger partial charge in [0, 0.05) is 29.8 Å². The van der Waals surface area contributed by atoms with Gasteiger partial charge in [-0.05, 0) is 32.8 Å². The van der Waals surface area contributed by atoms with Crippen molar-refractivity contribution in [2.24, 2.45) is 5.92 Å². The summed E-state index contributed by atoms with van der Waals surface area (Å²) < 4.78 is 1.75. The molecule has 1 heterocycles. The Morgan fingerprint density at radius 2 is 2.20 bits per heavy atom. The Bertz CT molecular complexity index is 483. The minimum absolute atomic E-state index is 0.0533. The lowest BCUT2D eigenvalue weighted by Crippen LogP contribution is -2.20. The third-order valence-electron chi connectivity index (χ3n) is 2.65. The molecule has 1 aromatic heterocycles. The summed E-state index contributed by atoms with van der Waals surface area (Å²) in [6.07, 6.45) is 2.44. The molecule has 0 atom stereocenters.